The monoisotopic (exact) mass is 492 g/mol. The lowest BCUT2D eigenvalue weighted by molar-refractivity contribution is -0.126. The number of halogens is 1. The van der Waals surface area contributed by atoms with Crippen molar-refractivity contribution < 1.29 is 13.7 Å². The Bertz CT molecular complexity index is 733. The molecule has 1 saturated heterocycles. The van der Waals surface area contributed by atoms with Crippen molar-refractivity contribution in [3.8, 4) is 0 Å². The summed E-state index contributed by atoms with van der Waals surface area (Å²) in [5.74, 6) is 0.619. The summed E-state index contributed by atoms with van der Waals surface area (Å²) in [6, 6.07) is 2.15. The lowest BCUT2D eigenvalue weighted by atomic mass is 9.96. The highest BCUT2D eigenvalue weighted by atomic mass is 127. The molecular weight excluding hydrogens is 467 g/mol. The normalized spacial score (nSPS) is 23.4. The summed E-state index contributed by atoms with van der Waals surface area (Å²) in [4.78, 5) is 23.6. The average Bonchev–Trinajstić information content (AvgIpc) is 3.35. The number of morpholine rings is 1. The zero-order chi connectivity index (χ0) is 19.1. The first kappa shape index (κ1) is 19.9. The Kier molecular flexibility index (Phi) is 5.60. The van der Waals surface area contributed by atoms with Crippen LogP contribution in [-0.4, -0.2) is 45.9 Å². The predicted molar refractivity (Wildman–Crippen MR) is 109 cm³/mol. The van der Waals surface area contributed by atoms with Crippen LogP contribution < -0.4 is 9.62 Å². The Morgan fingerprint density at radius 2 is 2.12 bits per heavy atom. The Hall–Kier alpha value is -0.810. The number of nitrogens with one attached hydrogen (secondary N) is 1. The van der Waals surface area contributed by atoms with Crippen molar-refractivity contribution >= 4 is 45.3 Å². The molecule has 0 bridgehead atoms. The van der Waals surface area contributed by atoms with E-state index in [1.807, 2.05) is 26.8 Å². The number of carbonyl (C=O) groups excluding carboxylic acids is 1. The number of amides is 1. The van der Waals surface area contributed by atoms with Crippen molar-refractivity contribution in [2.75, 3.05) is 24.7 Å². The number of carbonyl (C=O) groups is 1. The number of hydrogen-bond donors (Lipinski definition) is 1. The van der Waals surface area contributed by atoms with Gasteiger partial charge in [0.15, 0.2) is 3.83 Å². The molecule has 2 aliphatic rings. The second kappa shape index (κ2) is 7.31. The third-order valence-corrected chi connectivity index (χ3v) is 6.92. The molecule has 1 amide bonds. The highest BCUT2D eigenvalue weighted by Gasteiger charge is 2.53. The van der Waals surface area contributed by atoms with Crippen molar-refractivity contribution in [3.05, 3.63) is 15.6 Å². The zero-order valence-electron chi connectivity index (χ0n) is 15.5. The molecule has 2 atom stereocenters. The quantitative estimate of drug-likeness (QED) is 0.512. The number of anilines is 1. The van der Waals surface area contributed by atoms with Gasteiger partial charge in [0.2, 0.25) is 5.91 Å². The van der Waals surface area contributed by atoms with Crippen LogP contribution in [0.4, 0.5) is 5.82 Å². The molecule has 7 nitrogen and oxygen atoms in total. The minimum atomic E-state index is -1.51. The van der Waals surface area contributed by atoms with Crippen molar-refractivity contribution in [1.29, 1.82) is 0 Å². The molecule has 26 heavy (non-hydrogen) atoms. The number of nitrogens with zero attached hydrogens (tertiary/aromatic N) is 3. The highest BCUT2D eigenvalue weighted by molar-refractivity contribution is 14.1. The SMILES string of the molecule is C[C@@H]1COCCN1c1cc(C2(S(=O)NC(=O)C(C)(C)C)CC2)nc(I)n1. The average molecular weight is 492 g/mol. The lowest BCUT2D eigenvalue weighted by Gasteiger charge is -2.34. The van der Waals surface area contributed by atoms with Gasteiger partial charge < -0.3 is 9.64 Å². The molecule has 0 spiro atoms. The van der Waals surface area contributed by atoms with Crippen LogP contribution in [0.2, 0.25) is 0 Å². The Morgan fingerprint density at radius 1 is 1.42 bits per heavy atom. The topological polar surface area (TPSA) is 84.4 Å². The molecule has 1 aliphatic heterocycles. The lowest BCUT2D eigenvalue weighted by Crippen LogP contribution is -2.44. The largest absolute Gasteiger partial charge is 0.377 e. The van der Waals surface area contributed by atoms with Crippen molar-refractivity contribution in [2.45, 2.75) is 51.3 Å². The summed E-state index contributed by atoms with van der Waals surface area (Å²) in [6.45, 7) is 9.63. The molecule has 1 saturated carbocycles. The van der Waals surface area contributed by atoms with E-state index in [-0.39, 0.29) is 11.9 Å². The molecule has 3 rings (SSSR count). The maximum atomic E-state index is 12.9. The number of rotatable bonds is 4. The van der Waals surface area contributed by atoms with Crippen molar-refractivity contribution in [2.24, 2.45) is 5.41 Å². The molecule has 9 heteroatoms. The molecule has 144 valence electrons. The van der Waals surface area contributed by atoms with Crippen molar-refractivity contribution in [3.63, 3.8) is 0 Å². The predicted octanol–water partition coefficient (Wildman–Crippen LogP) is 2.12. The first-order chi connectivity index (χ1) is 12.1. The molecular formula is C17H25IN4O3S. The van der Waals surface area contributed by atoms with Gasteiger partial charge in [-0.05, 0) is 19.8 Å². The van der Waals surface area contributed by atoms with Crippen LogP contribution in [0, 0.1) is 9.25 Å². The van der Waals surface area contributed by atoms with Gasteiger partial charge in [0.25, 0.3) is 0 Å². The van der Waals surface area contributed by atoms with Gasteiger partial charge in [0, 0.05) is 40.6 Å². The van der Waals surface area contributed by atoms with E-state index in [1.165, 1.54) is 0 Å². The molecule has 1 unspecified atom stereocenters. The molecule has 2 fully saturated rings. The van der Waals surface area contributed by atoms with Gasteiger partial charge in [-0.2, -0.15) is 0 Å². The number of hydrogen-bond acceptors (Lipinski definition) is 6. The standard InChI is InChI=1S/C17H25IN4O3S/c1-11-10-25-8-7-22(11)13-9-12(19-15(18)20-13)17(5-6-17)26(24)21-14(23)16(2,3)4/h9,11H,5-8,10H2,1-4H3,(H,21,23)/t11-,26?/m1/s1. The van der Waals surface area contributed by atoms with Gasteiger partial charge in [-0.15, -0.1) is 0 Å². The van der Waals surface area contributed by atoms with Crippen LogP contribution in [0.15, 0.2) is 6.07 Å². The van der Waals surface area contributed by atoms with Crippen LogP contribution in [0.5, 0.6) is 0 Å². The van der Waals surface area contributed by atoms with E-state index in [0.717, 1.165) is 30.9 Å². The third-order valence-electron chi connectivity index (χ3n) is 4.74. The van der Waals surface area contributed by atoms with Crippen LogP contribution in [-0.2, 0) is 25.3 Å². The fourth-order valence-electron chi connectivity index (χ4n) is 2.84. The van der Waals surface area contributed by atoms with E-state index in [9.17, 15) is 9.00 Å². The summed E-state index contributed by atoms with van der Waals surface area (Å²) in [5, 5.41) is 0. The van der Waals surface area contributed by atoms with Gasteiger partial charge in [0.1, 0.15) is 21.6 Å². The molecule has 1 aromatic heterocycles. The number of aromatic nitrogens is 2. The molecule has 1 aromatic rings. The van der Waals surface area contributed by atoms with Crippen molar-refractivity contribution in [1.82, 2.24) is 14.7 Å². The Morgan fingerprint density at radius 3 is 2.69 bits per heavy atom. The molecule has 0 radical (unpaired) electrons. The molecule has 2 heterocycles. The van der Waals surface area contributed by atoms with Gasteiger partial charge in [-0.1, -0.05) is 20.8 Å². The van der Waals surface area contributed by atoms with E-state index in [4.69, 9.17) is 4.74 Å². The molecule has 1 aliphatic carbocycles. The van der Waals surface area contributed by atoms with E-state index in [1.54, 1.807) is 0 Å². The molecule has 1 N–H and O–H groups in total. The smallest absolute Gasteiger partial charge is 0.237 e. The maximum absolute atomic E-state index is 12.9. The van der Waals surface area contributed by atoms with Gasteiger partial charge in [0.05, 0.1) is 24.9 Å². The first-order valence-electron chi connectivity index (χ1n) is 8.76. The van der Waals surface area contributed by atoms with Gasteiger partial charge in [-0.25, -0.2) is 14.2 Å². The summed E-state index contributed by atoms with van der Waals surface area (Å²) in [7, 11) is -1.51. The summed E-state index contributed by atoms with van der Waals surface area (Å²) in [5.41, 5.74) is 0.165. The van der Waals surface area contributed by atoms with E-state index >= 15 is 0 Å². The minimum absolute atomic E-state index is 0.215. The zero-order valence-corrected chi connectivity index (χ0v) is 18.5. The minimum Gasteiger partial charge on any atom is -0.377 e. The summed E-state index contributed by atoms with van der Waals surface area (Å²) < 4.78 is 21.1. The van der Waals surface area contributed by atoms with Gasteiger partial charge >= 0.3 is 0 Å². The first-order valence-corrected chi connectivity index (χ1v) is 11.0. The summed E-state index contributed by atoms with van der Waals surface area (Å²) >= 11 is 2.10. The van der Waals surface area contributed by atoms with Crippen LogP contribution in [0.25, 0.3) is 0 Å². The van der Waals surface area contributed by atoms with Crippen LogP contribution in [0.1, 0.15) is 46.2 Å². The third kappa shape index (κ3) is 4.04. The van der Waals surface area contributed by atoms with E-state index in [0.29, 0.717) is 17.0 Å². The second-order valence-corrected chi connectivity index (χ2v) is 10.4. The maximum Gasteiger partial charge on any atom is 0.237 e. The van der Waals surface area contributed by atoms with Gasteiger partial charge in [-0.3, -0.25) is 9.52 Å². The molecule has 0 aromatic carbocycles. The summed E-state index contributed by atoms with van der Waals surface area (Å²) in [6.07, 6.45) is 1.49. The van der Waals surface area contributed by atoms with Crippen LogP contribution >= 0.6 is 22.6 Å². The van der Waals surface area contributed by atoms with Crippen LogP contribution in [0.3, 0.4) is 0 Å². The fraction of sp³-hybridized carbons (Fsp3) is 0.706. The Balaban J connectivity index is 1.86. The second-order valence-electron chi connectivity index (χ2n) is 7.94. The van der Waals surface area contributed by atoms with E-state index < -0.39 is 21.1 Å². The highest BCUT2D eigenvalue weighted by Crippen LogP contribution is 2.50. The Labute approximate surface area is 170 Å². The van der Waals surface area contributed by atoms with E-state index in [2.05, 4.69) is 49.1 Å². The number of ether oxygens (including phenoxy) is 1. The fourth-order valence-corrected chi connectivity index (χ4v) is 4.78.